The van der Waals surface area contributed by atoms with Gasteiger partial charge in [-0.2, -0.15) is 0 Å². The van der Waals surface area contributed by atoms with E-state index in [1.165, 1.54) is 6.08 Å². The van der Waals surface area contributed by atoms with E-state index in [1.54, 1.807) is 29.2 Å². The first kappa shape index (κ1) is 25.7. The lowest BCUT2D eigenvalue weighted by atomic mass is 9.95. The largest absolute Gasteiger partial charge is 0.478 e. The van der Waals surface area contributed by atoms with Crippen LogP contribution >= 0.6 is 0 Å². The Morgan fingerprint density at radius 2 is 1.70 bits per heavy atom. The van der Waals surface area contributed by atoms with Gasteiger partial charge in [-0.3, -0.25) is 9.59 Å². The molecule has 1 heterocycles. The molecular formula is C30H31N3O4. The summed E-state index contributed by atoms with van der Waals surface area (Å²) < 4.78 is 0. The number of likely N-dealkylation sites (tertiary alicyclic amines) is 1. The van der Waals surface area contributed by atoms with Gasteiger partial charge < -0.3 is 20.2 Å². The van der Waals surface area contributed by atoms with E-state index >= 15 is 0 Å². The second kappa shape index (κ2) is 11.6. The SMILES string of the molecule is CN(C)c1ccc(-c2ccc(CN3CC(C(=O)Nc4cccc(/C=C/C(=O)O)c4)CCC3=O)cc2)cc1. The third-order valence-electron chi connectivity index (χ3n) is 6.49. The summed E-state index contributed by atoms with van der Waals surface area (Å²) in [4.78, 5) is 40.1. The van der Waals surface area contributed by atoms with Crippen molar-refractivity contribution in [2.45, 2.75) is 19.4 Å². The summed E-state index contributed by atoms with van der Waals surface area (Å²) in [6.45, 7) is 0.814. The molecule has 37 heavy (non-hydrogen) atoms. The van der Waals surface area contributed by atoms with Crippen LogP contribution in [-0.4, -0.2) is 48.4 Å². The Labute approximate surface area is 217 Å². The number of carboxylic acid groups (broad SMARTS) is 1. The maximum Gasteiger partial charge on any atom is 0.328 e. The Morgan fingerprint density at radius 1 is 1.03 bits per heavy atom. The molecule has 1 saturated heterocycles. The zero-order valence-electron chi connectivity index (χ0n) is 21.1. The average Bonchev–Trinajstić information content (AvgIpc) is 2.89. The van der Waals surface area contributed by atoms with E-state index in [0.29, 0.717) is 37.2 Å². The summed E-state index contributed by atoms with van der Waals surface area (Å²) in [5.74, 6) is -1.44. The Bertz CT molecular complexity index is 1300. The third-order valence-corrected chi connectivity index (χ3v) is 6.49. The summed E-state index contributed by atoms with van der Waals surface area (Å²) >= 11 is 0. The maximum absolute atomic E-state index is 13.0. The molecule has 0 aromatic heterocycles. The molecule has 7 nitrogen and oxygen atoms in total. The van der Waals surface area contributed by atoms with Gasteiger partial charge in [0.05, 0.1) is 5.92 Å². The second-order valence-corrected chi connectivity index (χ2v) is 9.43. The number of rotatable bonds is 8. The molecular weight excluding hydrogens is 466 g/mol. The Balaban J connectivity index is 1.37. The fourth-order valence-corrected chi connectivity index (χ4v) is 4.39. The molecule has 0 radical (unpaired) electrons. The van der Waals surface area contributed by atoms with Gasteiger partial charge in [0.1, 0.15) is 0 Å². The van der Waals surface area contributed by atoms with Crippen LogP contribution in [0.15, 0.2) is 78.9 Å². The van der Waals surface area contributed by atoms with Gasteiger partial charge in [0.15, 0.2) is 0 Å². The summed E-state index contributed by atoms with van der Waals surface area (Å²) in [6.07, 6.45) is 3.36. The smallest absolute Gasteiger partial charge is 0.328 e. The number of benzene rings is 3. The standard InChI is InChI=1S/C30H31N3O4/c1-32(2)27-14-11-24(12-15-27)23-9-6-22(7-10-23)19-33-20-25(13-16-28(33)34)30(37)31-26-5-3-4-21(18-26)8-17-29(35)36/h3-12,14-15,17-18,25H,13,16,19-20H2,1-2H3,(H,31,37)(H,35,36)/b17-8+. The van der Waals surface area contributed by atoms with Crippen LogP contribution in [0, 0.1) is 5.92 Å². The van der Waals surface area contributed by atoms with E-state index in [4.69, 9.17) is 5.11 Å². The molecule has 1 aliphatic rings. The summed E-state index contributed by atoms with van der Waals surface area (Å²) in [6, 6.07) is 23.6. The van der Waals surface area contributed by atoms with Gasteiger partial charge in [-0.05, 0) is 59.0 Å². The van der Waals surface area contributed by atoms with Crippen LogP contribution < -0.4 is 10.2 Å². The predicted octanol–water partition coefficient (Wildman–Crippen LogP) is 4.89. The quantitative estimate of drug-likeness (QED) is 0.433. The highest BCUT2D eigenvalue weighted by atomic mass is 16.4. The van der Waals surface area contributed by atoms with Crippen molar-refractivity contribution < 1.29 is 19.5 Å². The van der Waals surface area contributed by atoms with Crippen molar-refractivity contribution in [1.29, 1.82) is 0 Å². The lowest BCUT2D eigenvalue weighted by Gasteiger charge is -2.32. The first-order valence-corrected chi connectivity index (χ1v) is 12.2. The van der Waals surface area contributed by atoms with Crippen LogP contribution in [0.3, 0.4) is 0 Å². The number of anilines is 2. The van der Waals surface area contributed by atoms with Gasteiger partial charge in [-0.25, -0.2) is 4.79 Å². The number of nitrogens with one attached hydrogen (secondary N) is 1. The highest BCUT2D eigenvalue weighted by molar-refractivity contribution is 5.94. The van der Waals surface area contributed by atoms with E-state index in [-0.39, 0.29) is 17.7 Å². The Kier molecular flexibility index (Phi) is 8.03. The minimum atomic E-state index is -1.03. The second-order valence-electron chi connectivity index (χ2n) is 9.43. The molecule has 7 heteroatoms. The minimum absolute atomic E-state index is 0.0493. The van der Waals surface area contributed by atoms with Crippen molar-refractivity contribution in [3.8, 4) is 11.1 Å². The molecule has 1 fully saturated rings. The highest BCUT2D eigenvalue weighted by Crippen LogP contribution is 2.25. The molecule has 2 N–H and O–H groups in total. The van der Waals surface area contributed by atoms with E-state index in [0.717, 1.165) is 28.5 Å². The monoisotopic (exact) mass is 497 g/mol. The number of hydrogen-bond acceptors (Lipinski definition) is 4. The molecule has 1 aliphatic heterocycles. The van der Waals surface area contributed by atoms with Crippen molar-refractivity contribution in [3.63, 3.8) is 0 Å². The average molecular weight is 498 g/mol. The number of hydrogen-bond donors (Lipinski definition) is 2. The zero-order chi connectivity index (χ0) is 26.4. The van der Waals surface area contributed by atoms with Gasteiger partial charge in [0.25, 0.3) is 0 Å². The van der Waals surface area contributed by atoms with Crippen molar-refractivity contribution in [1.82, 2.24) is 4.90 Å². The number of aliphatic carboxylic acids is 1. The number of amides is 2. The van der Waals surface area contributed by atoms with E-state index in [1.807, 2.05) is 26.2 Å². The first-order chi connectivity index (χ1) is 17.8. The lowest BCUT2D eigenvalue weighted by Crippen LogP contribution is -2.43. The summed E-state index contributed by atoms with van der Waals surface area (Å²) in [5.41, 5.74) is 5.67. The number of nitrogens with zero attached hydrogens (tertiary/aromatic N) is 2. The van der Waals surface area contributed by atoms with Crippen molar-refractivity contribution >= 4 is 35.2 Å². The molecule has 1 unspecified atom stereocenters. The molecule has 190 valence electrons. The third kappa shape index (κ3) is 6.85. The summed E-state index contributed by atoms with van der Waals surface area (Å²) in [7, 11) is 4.03. The minimum Gasteiger partial charge on any atom is -0.478 e. The molecule has 3 aromatic carbocycles. The fraction of sp³-hybridized carbons (Fsp3) is 0.233. The van der Waals surface area contributed by atoms with Crippen molar-refractivity contribution in [2.24, 2.45) is 5.92 Å². The summed E-state index contributed by atoms with van der Waals surface area (Å²) in [5, 5.41) is 11.7. The van der Waals surface area contributed by atoms with E-state index < -0.39 is 5.97 Å². The molecule has 0 saturated carbocycles. The number of carboxylic acids is 1. The molecule has 0 spiro atoms. The lowest BCUT2D eigenvalue weighted by molar-refractivity contribution is -0.137. The van der Waals surface area contributed by atoms with Crippen molar-refractivity contribution in [2.75, 3.05) is 30.9 Å². The zero-order valence-corrected chi connectivity index (χ0v) is 21.1. The van der Waals surface area contributed by atoms with Crippen LogP contribution in [0.5, 0.6) is 0 Å². The molecule has 1 atom stereocenters. The number of carbonyl (C=O) groups is 3. The van der Waals surface area contributed by atoms with E-state index in [9.17, 15) is 14.4 Å². The maximum atomic E-state index is 13.0. The van der Waals surface area contributed by atoms with Crippen LogP contribution in [0.25, 0.3) is 17.2 Å². The molecule has 3 aromatic rings. The number of carbonyl (C=O) groups excluding carboxylic acids is 2. The highest BCUT2D eigenvalue weighted by Gasteiger charge is 2.30. The van der Waals surface area contributed by atoms with Crippen molar-refractivity contribution in [3.05, 3.63) is 90.0 Å². The molecule has 4 rings (SSSR count). The van der Waals surface area contributed by atoms with Crippen LogP contribution in [-0.2, 0) is 20.9 Å². The van der Waals surface area contributed by atoms with Crippen LogP contribution in [0.1, 0.15) is 24.0 Å². The topological polar surface area (TPSA) is 89.9 Å². The van der Waals surface area contributed by atoms with Crippen LogP contribution in [0.4, 0.5) is 11.4 Å². The number of piperidine rings is 1. The van der Waals surface area contributed by atoms with Gasteiger partial charge >= 0.3 is 5.97 Å². The van der Waals surface area contributed by atoms with Crippen LogP contribution in [0.2, 0.25) is 0 Å². The van der Waals surface area contributed by atoms with Gasteiger partial charge in [0.2, 0.25) is 11.8 Å². The van der Waals surface area contributed by atoms with Gasteiger partial charge in [0, 0.05) is 51.1 Å². The van der Waals surface area contributed by atoms with E-state index in [2.05, 4.69) is 46.6 Å². The van der Waals surface area contributed by atoms with Gasteiger partial charge in [-0.15, -0.1) is 0 Å². The Hall–Kier alpha value is -4.39. The normalized spacial score (nSPS) is 15.6. The Morgan fingerprint density at radius 3 is 2.35 bits per heavy atom. The molecule has 0 aliphatic carbocycles. The fourth-order valence-electron chi connectivity index (χ4n) is 4.39. The van der Waals surface area contributed by atoms with Gasteiger partial charge in [-0.1, -0.05) is 48.5 Å². The molecule has 0 bridgehead atoms. The molecule has 2 amide bonds. The first-order valence-electron chi connectivity index (χ1n) is 12.2. The predicted molar refractivity (Wildman–Crippen MR) is 146 cm³/mol.